The summed E-state index contributed by atoms with van der Waals surface area (Å²) in [5, 5.41) is 4.99. The highest BCUT2D eigenvalue weighted by atomic mass is 32.1. The lowest BCUT2D eigenvalue weighted by atomic mass is 9.55. The molecule has 8 aromatic rings. The molecule has 0 bridgehead atoms. The minimum absolute atomic E-state index is 0.118. The van der Waals surface area contributed by atoms with Crippen LogP contribution in [-0.4, -0.2) is 0 Å². The van der Waals surface area contributed by atoms with Gasteiger partial charge in [-0.05, 0) is 99.8 Å². The van der Waals surface area contributed by atoms with E-state index in [4.69, 9.17) is 4.42 Å². The van der Waals surface area contributed by atoms with Gasteiger partial charge in [-0.2, -0.15) is 0 Å². The van der Waals surface area contributed by atoms with Crippen LogP contribution in [0.1, 0.15) is 38.8 Å². The van der Waals surface area contributed by atoms with Crippen LogP contribution >= 0.6 is 11.3 Å². The van der Waals surface area contributed by atoms with E-state index in [1.807, 2.05) is 17.4 Å². The lowest BCUT2D eigenvalue weighted by molar-refractivity contribution is 0.299. The molecule has 0 fully saturated rings. The minimum atomic E-state index is -0.131. The third-order valence-corrected chi connectivity index (χ3v) is 11.8. The van der Waals surface area contributed by atoms with Crippen molar-refractivity contribution in [1.29, 1.82) is 0 Å². The molecular weight excluding hydrogens is 567 g/mol. The number of hydrogen-bond donors (Lipinski definition) is 0. The van der Waals surface area contributed by atoms with Gasteiger partial charge < -0.3 is 9.32 Å². The van der Waals surface area contributed by atoms with Crippen LogP contribution in [-0.2, 0) is 10.8 Å². The van der Waals surface area contributed by atoms with Crippen molar-refractivity contribution in [2.24, 2.45) is 0 Å². The molecule has 45 heavy (non-hydrogen) atoms. The summed E-state index contributed by atoms with van der Waals surface area (Å²) in [6.45, 7) is 9.62. The zero-order valence-electron chi connectivity index (χ0n) is 25.9. The van der Waals surface area contributed by atoms with Gasteiger partial charge >= 0.3 is 0 Å². The molecule has 0 radical (unpaired) electrons. The maximum Gasteiger partial charge on any atom is 0.136 e. The van der Waals surface area contributed by atoms with Crippen LogP contribution < -0.4 is 4.90 Å². The smallest absolute Gasteiger partial charge is 0.136 e. The van der Waals surface area contributed by atoms with Gasteiger partial charge in [0, 0.05) is 48.0 Å². The third-order valence-electron chi connectivity index (χ3n) is 10.6. The first-order valence-electron chi connectivity index (χ1n) is 15.7. The van der Waals surface area contributed by atoms with Crippen molar-refractivity contribution in [2.75, 3.05) is 4.90 Å². The quantitative estimate of drug-likeness (QED) is 0.201. The second-order valence-corrected chi connectivity index (χ2v) is 14.5. The Balaban J connectivity index is 1.27. The van der Waals surface area contributed by atoms with Crippen LogP contribution in [0.15, 0.2) is 132 Å². The van der Waals surface area contributed by atoms with E-state index in [1.165, 1.54) is 53.2 Å². The first-order chi connectivity index (χ1) is 21.8. The molecular formula is C42H33NOS. The van der Waals surface area contributed by atoms with E-state index in [0.717, 1.165) is 28.2 Å². The van der Waals surface area contributed by atoms with Crippen LogP contribution in [0.3, 0.4) is 0 Å². The summed E-state index contributed by atoms with van der Waals surface area (Å²) in [5.74, 6) is 0. The van der Waals surface area contributed by atoms with Crippen molar-refractivity contribution in [3.63, 3.8) is 0 Å². The number of anilines is 3. The van der Waals surface area contributed by atoms with Gasteiger partial charge in [-0.1, -0.05) is 88.4 Å². The molecule has 9 rings (SSSR count). The number of benzene rings is 6. The number of thiophene rings is 1. The Hall–Kier alpha value is -4.86. The summed E-state index contributed by atoms with van der Waals surface area (Å²) in [6, 6.07) is 46.5. The summed E-state index contributed by atoms with van der Waals surface area (Å²) < 4.78 is 9.02. The van der Waals surface area contributed by atoms with Crippen LogP contribution in [0.25, 0.3) is 53.2 Å². The molecule has 0 saturated carbocycles. The highest BCUT2D eigenvalue weighted by Crippen LogP contribution is 2.56. The lowest BCUT2D eigenvalue weighted by Gasteiger charge is -2.48. The predicted octanol–water partition coefficient (Wildman–Crippen LogP) is 12.7. The number of furan rings is 1. The van der Waals surface area contributed by atoms with Crippen LogP contribution in [0.2, 0.25) is 0 Å². The van der Waals surface area contributed by atoms with Crippen molar-refractivity contribution in [1.82, 2.24) is 0 Å². The Bertz CT molecular complexity index is 2440. The SMILES string of the molecule is CC1(C)c2cc(N(c3ccccc3)c3ccc4sc5ccccc5c4c3)ccc2-c2cc3oc4ccccc4c3cc2C1(C)C. The molecule has 0 spiro atoms. The van der Waals surface area contributed by atoms with E-state index in [0.29, 0.717) is 0 Å². The second-order valence-electron chi connectivity index (χ2n) is 13.4. The Kier molecular flexibility index (Phi) is 5.50. The first kappa shape index (κ1) is 26.5. The van der Waals surface area contributed by atoms with Crippen molar-refractivity contribution < 1.29 is 4.42 Å². The summed E-state index contributed by atoms with van der Waals surface area (Å²) in [4.78, 5) is 2.41. The van der Waals surface area contributed by atoms with Crippen LogP contribution in [0.4, 0.5) is 17.1 Å². The fourth-order valence-electron chi connectivity index (χ4n) is 7.49. The van der Waals surface area contributed by atoms with Crippen molar-refractivity contribution in [3.8, 4) is 11.1 Å². The van der Waals surface area contributed by atoms with E-state index >= 15 is 0 Å². The van der Waals surface area contributed by atoms with Crippen molar-refractivity contribution in [2.45, 2.75) is 38.5 Å². The van der Waals surface area contributed by atoms with Gasteiger partial charge in [-0.3, -0.25) is 0 Å². The largest absolute Gasteiger partial charge is 0.456 e. The fourth-order valence-corrected chi connectivity index (χ4v) is 8.57. The highest BCUT2D eigenvalue weighted by molar-refractivity contribution is 7.25. The molecule has 1 aliphatic carbocycles. The second kappa shape index (κ2) is 9.32. The van der Waals surface area contributed by atoms with Crippen LogP contribution in [0, 0.1) is 0 Å². The zero-order chi connectivity index (χ0) is 30.5. The number of nitrogens with zero attached hydrogens (tertiary/aromatic N) is 1. The van der Waals surface area contributed by atoms with Gasteiger partial charge in [0.25, 0.3) is 0 Å². The van der Waals surface area contributed by atoms with Gasteiger partial charge in [0.05, 0.1) is 0 Å². The normalized spacial score (nSPS) is 15.0. The standard InChI is InChI=1S/C42H33NOS/c1-41(2)35-23-28(18-20-29(35)32-25-38-33(24-36(32)42(41,3)4)30-14-8-10-16-37(30)44-38)43(26-12-6-5-7-13-26)27-19-21-40-34(22-27)31-15-9-11-17-39(31)45-40/h5-25H,1-4H3. The Morgan fingerprint density at radius 1 is 0.467 bits per heavy atom. The van der Waals surface area contributed by atoms with Gasteiger partial charge in [0.2, 0.25) is 0 Å². The van der Waals surface area contributed by atoms with E-state index in [-0.39, 0.29) is 10.8 Å². The fraction of sp³-hybridized carbons (Fsp3) is 0.143. The van der Waals surface area contributed by atoms with Crippen molar-refractivity contribution in [3.05, 3.63) is 139 Å². The maximum absolute atomic E-state index is 6.38. The molecule has 0 saturated heterocycles. The average Bonchev–Trinajstić information content (AvgIpc) is 3.62. The zero-order valence-corrected chi connectivity index (χ0v) is 26.7. The molecule has 1 aliphatic rings. The summed E-state index contributed by atoms with van der Waals surface area (Å²) in [7, 11) is 0. The molecule has 0 N–H and O–H groups in total. The Morgan fingerprint density at radius 3 is 1.93 bits per heavy atom. The number of para-hydroxylation sites is 2. The van der Waals surface area contributed by atoms with Crippen LogP contribution in [0.5, 0.6) is 0 Å². The van der Waals surface area contributed by atoms with Gasteiger partial charge in [0.1, 0.15) is 11.2 Å². The number of hydrogen-bond acceptors (Lipinski definition) is 3. The van der Waals surface area contributed by atoms with E-state index in [1.54, 1.807) is 0 Å². The number of fused-ring (bicyclic) bond motifs is 9. The summed E-state index contributed by atoms with van der Waals surface area (Å²) >= 11 is 1.86. The van der Waals surface area contributed by atoms with E-state index in [2.05, 4.69) is 154 Å². The van der Waals surface area contributed by atoms with Gasteiger partial charge in [-0.15, -0.1) is 11.3 Å². The molecule has 2 aromatic heterocycles. The molecule has 6 aromatic carbocycles. The molecule has 3 heteroatoms. The van der Waals surface area contributed by atoms with Gasteiger partial charge in [0.15, 0.2) is 0 Å². The molecule has 0 amide bonds. The Morgan fingerprint density at radius 2 is 1.11 bits per heavy atom. The average molecular weight is 600 g/mol. The number of rotatable bonds is 3. The molecule has 2 nitrogen and oxygen atoms in total. The van der Waals surface area contributed by atoms with Crippen molar-refractivity contribution >= 4 is 70.5 Å². The molecule has 2 heterocycles. The molecule has 0 aliphatic heterocycles. The summed E-state index contributed by atoms with van der Waals surface area (Å²) in [5.41, 5.74) is 10.4. The summed E-state index contributed by atoms with van der Waals surface area (Å²) in [6.07, 6.45) is 0. The third kappa shape index (κ3) is 3.74. The topological polar surface area (TPSA) is 16.4 Å². The maximum atomic E-state index is 6.38. The molecule has 0 unspecified atom stereocenters. The lowest BCUT2D eigenvalue weighted by Crippen LogP contribution is -2.43. The Labute approximate surface area is 267 Å². The van der Waals surface area contributed by atoms with E-state index < -0.39 is 0 Å². The highest BCUT2D eigenvalue weighted by Gasteiger charge is 2.46. The first-order valence-corrected chi connectivity index (χ1v) is 16.5. The molecule has 218 valence electrons. The predicted molar refractivity (Wildman–Crippen MR) is 193 cm³/mol. The molecule has 0 atom stereocenters. The van der Waals surface area contributed by atoms with E-state index in [9.17, 15) is 0 Å². The minimum Gasteiger partial charge on any atom is -0.456 e. The monoisotopic (exact) mass is 599 g/mol. The van der Waals surface area contributed by atoms with Gasteiger partial charge in [-0.25, -0.2) is 0 Å².